The van der Waals surface area contributed by atoms with Gasteiger partial charge in [-0.1, -0.05) is 30.3 Å². The smallest absolute Gasteiger partial charge is 0.241 e. The van der Waals surface area contributed by atoms with Gasteiger partial charge in [0.1, 0.15) is 17.6 Å². The number of para-hydroxylation sites is 3. The molecule has 3 aromatic rings. The molecular weight excluding hydrogens is 366 g/mol. The largest absolute Gasteiger partial charge is 0.496 e. The molecule has 0 bridgehead atoms. The van der Waals surface area contributed by atoms with Gasteiger partial charge in [-0.3, -0.25) is 4.79 Å². The highest BCUT2D eigenvalue weighted by Gasteiger charge is 2.39. The summed E-state index contributed by atoms with van der Waals surface area (Å²) in [6.07, 6.45) is 2.60. The zero-order chi connectivity index (χ0) is 19.8. The summed E-state index contributed by atoms with van der Waals surface area (Å²) in [6, 6.07) is 15.7. The highest BCUT2D eigenvalue weighted by Crippen LogP contribution is 2.35. The molecule has 150 valence electrons. The Hall–Kier alpha value is -2.90. The number of H-pyrrole nitrogens is 1. The van der Waals surface area contributed by atoms with E-state index >= 15 is 0 Å². The number of carbonyl (C=O) groups excluding carboxylic acids is 1. The van der Waals surface area contributed by atoms with Gasteiger partial charge in [0.25, 0.3) is 0 Å². The molecule has 3 heterocycles. The van der Waals surface area contributed by atoms with Crippen molar-refractivity contribution >= 4 is 16.9 Å². The molecule has 2 aliphatic rings. The number of ether oxygens (including phenoxy) is 1. The van der Waals surface area contributed by atoms with Crippen molar-refractivity contribution in [3.05, 3.63) is 59.9 Å². The van der Waals surface area contributed by atoms with Gasteiger partial charge < -0.3 is 14.6 Å². The van der Waals surface area contributed by atoms with Gasteiger partial charge in [0.05, 0.1) is 30.2 Å². The Morgan fingerprint density at radius 2 is 1.97 bits per heavy atom. The monoisotopic (exact) mass is 391 g/mol. The lowest BCUT2D eigenvalue weighted by Crippen LogP contribution is -2.45. The first-order chi connectivity index (χ1) is 14.2. The van der Waals surface area contributed by atoms with Crippen LogP contribution in [0.2, 0.25) is 0 Å². The second kappa shape index (κ2) is 7.50. The molecule has 3 atom stereocenters. The number of rotatable bonds is 4. The van der Waals surface area contributed by atoms with Crippen LogP contribution in [0.25, 0.3) is 11.0 Å². The molecule has 5 rings (SSSR count). The van der Waals surface area contributed by atoms with Crippen molar-refractivity contribution in [1.29, 1.82) is 0 Å². The summed E-state index contributed by atoms with van der Waals surface area (Å²) in [7, 11) is 1.67. The average molecular weight is 391 g/mol. The minimum absolute atomic E-state index is 0.00186. The lowest BCUT2D eigenvalue weighted by Gasteiger charge is -2.26. The molecular formula is C22H25N5O2. The van der Waals surface area contributed by atoms with E-state index in [1.54, 1.807) is 7.11 Å². The van der Waals surface area contributed by atoms with Crippen molar-refractivity contribution in [3.63, 3.8) is 0 Å². The van der Waals surface area contributed by atoms with E-state index in [9.17, 15) is 4.79 Å². The van der Waals surface area contributed by atoms with Crippen LogP contribution in [0.3, 0.4) is 0 Å². The highest BCUT2D eigenvalue weighted by atomic mass is 16.5. The first-order valence-corrected chi connectivity index (χ1v) is 10.1. The number of fused-ring (bicyclic) bond motifs is 1. The number of carbonyl (C=O) groups is 1. The van der Waals surface area contributed by atoms with E-state index in [4.69, 9.17) is 9.72 Å². The molecule has 7 heteroatoms. The fraction of sp³-hybridized carbons (Fsp3) is 0.364. The lowest BCUT2D eigenvalue weighted by atomic mass is 10.0. The number of hydrogen-bond acceptors (Lipinski definition) is 5. The van der Waals surface area contributed by atoms with Crippen LogP contribution in [0.4, 0.5) is 0 Å². The number of methoxy groups -OCH3 is 1. The van der Waals surface area contributed by atoms with E-state index in [0.717, 1.165) is 47.6 Å². The number of nitrogens with one attached hydrogen (secondary N) is 3. The van der Waals surface area contributed by atoms with E-state index in [2.05, 4.69) is 15.8 Å². The lowest BCUT2D eigenvalue weighted by molar-refractivity contribution is -0.134. The minimum Gasteiger partial charge on any atom is -0.496 e. The molecule has 29 heavy (non-hydrogen) atoms. The summed E-state index contributed by atoms with van der Waals surface area (Å²) in [5, 5.41) is 0. The quantitative estimate of drug-likeness (QED) is 0.637. The van der Waals surface area contributed by atoms with Crippen LogP contribution in [-0.2, 0) is 4.79 Å². The van der Waals surface area contributed by atoms with Crippen LogP contribution in [0.1, 0.15) is 42.7 Å². The Kier molecular flexibility index (Phi) is 4.69. The third-order valence-corrected chi connectivity index (χ3v) is 5.97. The second-order valence-corrected chi connectivity index (χ2v) is 7.70. The Morgan fingerprint density at radius 3 is 2.83 bits per heavy atom. The van der Waals surface area contributed by atoms with Gasteiger partial charge in [-0.05, 0) is 37.5 Å². The Bertz CT molecular complexity index is 1000. The zero-order valence-electron chi connectivity index (χ0n) is 16.4. The topological polar surface area (TPSA) is 82.3 Å². The van der Waals surface area contributed by atoms with Crippen LogP contribution in [-0.4, -0.2) is 40.5 Å². The van der Waals surface area contributed by atoms with Crippen molar-refractivity contribution < 1.29 is 9.53 Å². The van der Waals surface area contributed by atoms with E-state index in [-0.39, 0.29) is 24.0 Å². The maximum Gasteiger partial charge on any atom is 0.241 e. The third-order valence-electron chi connectivity index (χ3n) is 5.97. The Balaban J connectivity index is 1.33. The number of nitrogens with zero attached hydrogens (tertiary/aromatic N) is 2. The van der Waals surface area contributed by atoms with Gasteiger partial charge in [0.2, 0.25) is 5.91 Å². The van der Waals surface area contributed by atoms with Crippen molar-refractivity contribution in [1.82, 2.24) is 25.7 Å². The Morgan fingerprint density at radius 1 is 1.14 bits per heavy atom. The van der Waals surface area contributed by atoms with Crippen LogP contribution in [0.5, 0.6) is 5.75 Å². The van der Waals surface area contributed by atoms with Crippen LogP contribution in [0, 0.1) is 0 Å². The molecule has 0 spiro atoms. The van der Waals surface area contributed by atoms with Crippen LogP contribution >= 0.6 is 0 Å². The Labute approximate surface area is 169 Å². The molecule has 3 unspecified atom stereocenters. The van der Waals surface area contributed by atoms with E-state index in [1.165, 1.54) is 0 Å². The molecule has 0 saturated carbocycles. The maximum absolute atomic E-state index is 13.3. The number of hydrogen-bond donors (Lipinski definition) is 3. The molecule has 2 fully saturated rings. The van der Waals surface area contributed by atoms with E-state index in [0.29, 0.717) is 6.42 Å². The van der Waals surface area contributed by atoms with Gasteiger partial charge >= 0.3 is 0 Å². The number of imidazole rings is 1. The predicted octanol–water partition coefficient (Wildman–Crippen LogP) is 2.84. The number of benzene rings is 2. The van der Waals surface area contributed by atoms with Crippen molar-refractivity contribution in [3.8, 4) is 5.75 Å². The first-order valence-electron chi connectivity index (χ1n) is 10.1. The molecule has 2 saturated heterocycles. The van der Waals surface area contributed by atoms with E-state index < -0.39 is 0 Å². The molecule has 1 aromatic heterocycles. The molecule has 0 aliphatic carbocycles. The molecule has 3 N–H and O–H groups in total. The molecule has 1 amide bonds. The summed E-state index contributed by atoms with van der Waals surface area (Å²) in [6.45, 7) is 0.762. The SMILES string of the molecule is COc1ccccc1C1CC(C(=O)N2CCCC2c2nc3ccccc3[nH]2)NN1. The molecule has 0 radical (unpaired) electrons. The van der Waals surface area contributed by atoms with Gasteiger partial charge in [0.15, 0.2) is 0 Å². The van der Waals surface area contributed by atoms with Crippen LogP contribution < -0.4 is 15.6 Å². The normalized spacial score (nSPS) is 24.3. The summed E-state index contributed by atoms with van der Waals surface area (Å²) in [5.41, 5.74) is 9.50. The van der Waals surface area contributed by atoms with Crippen molar-refractivity contribution in [2.24, 2.45) is 0 Å². The number of hydrazine groups is 1. The highest BCUT2D eigenvalue weighted by molar-refractivity contribution is 5.83. The molecule has 2 aromatic carbocycles. The number of aromatic nitrogens is 2. The fourth-order valence-corrected chi connectivity index (χ4v) is 4.52. The molecule has 2 aliphatic heterocycles. The van der Waals surface area contributed by atoms with Gasteiger partial charge in [-0.15, -0.1) is 0 Å². The number of aromatic amines is 1. The molecule has 7 nitrogen and oxygen atoms in total. The summed E-state index contributed by atoms with van der Waals surface area (Å²) in [4.78, 5) is 23.4. The minimum atomic E-state index is -0.269. The number of amides is 1. The first kappa shape index (κ1) is 18.1. The number of likely N-dealkylation sites (tertiary alicyclic amines) is 1. The summed E-state index contributed by atoms with van der Waals surface area (Å²) < 4.78 is 5.48. The van der Waals surface area contributed by atoms with Crippen molar-refractivity contribution in [2.45, 2.75) is 37.4 Å². The third kappa shape index (κ3) is 3.26. The fourth-order valence-electron chi connectivity index (χ4n) is 4.52. The van der Waals surface area contributed by atoms with Gasteiger partial charge in [0, 0.05) is 12.1 Å². The van der Waals surface area contributed by atoms with E-state index in [1.807, 2.05) is 53.4 Å². The average Bonchev–Trinajstić information content (AvgIpc) is 3.51. The maximum atomic E-state index is 13.3. The zero-order valence-corrected chi connectivity index (χ0v) is 16.4. The van der Waals surface area contributed by atoms with Gasteiger partial charge in [-0.25, -0.2) is 15.8 Å². The standard InChI is InChI=1S/C22H25N5O2/c1-29-20-11-5-2-7-14(20)17-13-18(26-25-17)22(28)27-12-6-10-19(27)21-23-15-8-3-4-9-16(15)24-21/h2-5,7-9,11,17-19,25-26H,6,10,12-13H2,1H3,(H,23,24). The van der Waals surface area contributed by atoms with Gasteiger partial charge in [-0.2, -0.15) is 0 Å². The predicted molar refractivity (Wildman–Crippen MR) is 110 cm³/mol. The summed E-state index contributed by atoms with van der Waals surface area (Å²) in [5.74, 6) is 1.84. The summed E-state index contributed by atoms with van der Waals surface area (Å²) >= 11 is 0. The van der Waals surface area contributed by atoms with Crippen LogP contribution in [0.15, 0.2) is 48.5 Å². The van der Waals surface area contributed by atoms with Crippen molar-refractivity contribution in [2.75, 3.05) is 13.7 Å². The second-order valence-electron chi connectivity index (χ2n) is 7.70.